The van der Waals surface area contributed by atoms with Crippen LogP contribution in [-0.4, -0.2) is 20.2 Å². The number of nitrogens with two attached hydrogens (primary N) is 1. The van der Waals surface area contributed by atoms with Crippen molar-refractivity contribution in [3.63, 3.8) is 0 Å². The standard InChI is InChI=1S/C15H13N5/c1-9-6-17-15-18-7-12(8-20(9)15)10-2-3-11-5-14(16)19-13(11)4-10/h2-4,6-8H,5H2,1H3,(H2,16,19). The maximum Gasteiger partial charge on any atom is 0.233 e. The van der Waals surface area contributed by atoms with Gasteiger partial charge in [-0.3, -0.25) is 4.40 Å². The van der Waals surface area contributed by atoms with Crippen molar-refractivity contribution in [2.45, 2.75) is 13.3 Å². The Bertz CT molecular complexity index is 860. The SMILES string of the molecule is Cc1cnc2ncc(-c3ccc4c(c3)N=C(N)C4)cn12. The van der Waals surface area contributed by atoms with Crippen molar-refractivity contribution >= 4 is 17.3 Å². The number of aliphatic imine (C=N–C) groups is 1. The van der Waals surface area contributed by atoms with E-state index in [1.165, 1.54) is 5.56 Å². The van der Waals surface area contributed by atoms with Crippen LogP contribution in [0.15, 0.2) is 41.8 Å². The molecule has 0 spiro atoms. The number of aryl methyl sites for hydroxylation is 1. The van der Waals surface area contributed by atoms with Gasteiger partial charge in [-0.25, -0.2) is 15.0 Å². The molecular formula is C15H13N5. The van der Waals surface area contributed by atoms with Crippen molar-refractivity contribution in [3.8, 4) is 11.1 Å². The number of rotatable bonds is 1. The van der Waals surface area contributed by atoms with Crippen LogP contribution in [0.3, 0.4) is 0 Å². The number of amidine groups is 1. The maximum atomic E-state index is 5.78. The third kappa shape index (κ3) is 1.60. The number of hydrogen-bond donors (Lipinski definition) is 1. The van der Waals surface area contributed by atoms with Crippen LogP contribution in [0.25, 0.3) is 16.9 Å². The minimum Gasteiger partial charge on any atom is -0.387 e. The van der Waals surface area contributed by atoms with Crippen LogP contribution in [0.2, 0.25) is 0 Å². The smallest absolute Gasteiger partial charge is 0.233 e. The molecule has 5 nitrogen and oxygen atoms in total. The molecule has 4 rings (SSSR count). The van der Waals surface area contributed by atoms with E-state index >= 15 is 0 Å². The van der Waals surface area contributed by atoms with Gasteiger partial charge in [-0.2, -0.15) is 0 Å². The summed E-state index contributed by atoms with van der Waals surface area (Å²) in [7, 11) is 0. The molecule has 2 aromatic heterocycles. The number of imidazole rings is 1. The lowest BCUT2D eigenvalue weighted by Gasteiger charge is -2.05. The first-order valence-corrected chi connectivity index (χ1v) is 6.47. The quantitative estimate of drug-likeness (QED) is 0.732. The molecule has 1 aliphatic rings. The van der Waals surface area contributed by atoms with E-state index in [9.17, 15) is 0 Å². The minimum atomic E-state index is 0.677. The lowest BCUT2D eigenvalue weighted by Crippen LogP contribution is -2.09. The highest BCUT2D eigenvalue weighted by molar-refractivity contribution is 5.91. The Morgan fingerprint density at radius 2 is 2.00 bits per heavy atom. The van der Waals surface area contributed by atoms with Crippen molar-refractivity contribution < 1.29 is 0 Å². The monoisotopic (exact) mass is 263 g/mol. The molecule has 3 aromatic rings. The van der Waals surface area contributed by atoms with Crippen LogP contribution in [-0.2, 0) is 6.42 Å². The number of benzene rings is 1. The summed E-state index contributed by atoms with van der Waals surface area (Å²) in [5.41, 5.74) is 11.1. The zero-order valence-corrected chi connectivity index (χ0v) is 11.0. The van der Waals surface area contributed by atoms with Gasteiger partial charge in [-0.15, -0.1) is 0 Å². The van der Waals surface area contributed by atoms with E-state index in [2.05, 4.69) is 39.4 Å². The Labute approximate surface area is 115 Å². The summed E-state index contributed by atoms with van der Waals surface area (Å²) in [4.78, 5) is 13.0. The van der Waals surface area contributed by atoms with Crippen molar-refractivity contribution in [2.75, 3.05) is 0 Å². The first kappa shape index (κ1) is 11.2. The zero-order valence-electron chi connectivity index (χ0n) is 11.0. The van der Waals surface area contributed by atoms with Crippen LogP contribution < -0.4 is 5.73 Å². The summed E-state index contributed by atoms with van der Waals surface area (Å²) in [5, 5.41) is 0. The summed E-state index contributed by atoms with van der Waals surface area (Å²) in [6.07, 6.45) is 6.45. The second-order valence-corrected chi connectivity index (χ2v) is 5.04. The van der Waals surface area contributed by atoms with E-state index in [4.69, 9.17) is 5.73 Å². The van der Waals surface area contributed by atoms with E-state index in [1.54, 1.807) is 0 Å². The highest BCUT2D eigenvalue weighted by Crippen LogP contribution is 2.31. The Morgan fingerprint density at radius 3 is 2.90 bits per heavy atom. The fraction of sp³-hybridized carbons (Fsp3) is 0.133. The second-order valence-electron chi connectivity index (χ2n) is 5.04. The average molecular weight is 263 g/mol. The topological polar surface area (TPSA) is 68.6 Å². The van der Waals surface area contributed by atoms with E-state index in [0.29, 0.717) is 5.84 Å². The third-order valence-corrected chi connectivity index (χ3v) is 3.60. The Hall–Kier alpha value is -2.69. The molecule has 0 unspecified atom stereocenters. The molecule has 0 aliphatic carbocycles. The number of hydrogen-bond acceptors (Lipinski definition) is 4. The Kier molecular flexibility index (Phi) is 2.18. The summed E-state index contributed by atoms with van der Waals surface area (Å²) >= 11 is 0. The highest BCUT2D eigenvalue weighted by Gasteiger charge is 2.13. The van der Waals surface area contributed by atoms with Gasteiger partial charge in [-0.1, -0.05) is 12.1 Å². The molecule has 0 amide bonds. The first-order valence-electron chi connectivity index (χ1n) is 6.47. The molecule has 2 N–H and O–H groups in total. The summed E-state index contributed by atoms with van der Waals surface area (Å²) in [6.45, 7) is 2.01. The van der Waals surface area contributed by atoms with Gasteiger partial charge in [0.05, 0.1) is 11.9 Å². The summed E-state index contributed by atoms with van der Waals surface area (Å²) in [5.74, 6) is 1.39. The molecule has 98 valence electrons. The molecule has 1 aromatic carbocycles. The van der Waals surface area contributed by atoms with Crippen molar-refractivity contribution in [2.24, 2.45) is 10.7 Å². The normalized spacial score (nSPS) is 13.6. The molecule has 0 atom stereocenters. The summed E-state index contributed by atoms with van der Waals surface area (Å²) in [6, 6.07) is 6.23. The fourth-order valence-electron chi connectivity index (χ4n) is 2.52. The molecule has 0 bridgehead atoms. The first-order chi connectivity index (χ1) is 9.70. The van der Waals surface area contributed by atoms with Crippen LogP contribution in [0.5, 0.6) is 0 Å². The third-order valence-electron chi connectivity index (χ3n) is 3.60. The van der Waals surface area contributed by atoms with Gasteiger partial charge in [0.25, 0.3) is 0 Å². The molecule has 5 heteroatoms. The predicted octanol–water partition coefficient (Wildman–Crippen LogP) is 2.25. The zero-order chi connectivity index (χ0) is 13.7. The van der Waals surface area contributed by atoms with Gasteiger partial charge in [0, 0.05) is 30.1 Å². The van der Waals surface area contributed by atoms with Gasteiger partial charge in [0.15, 0.2) is 0 Å². The second kappa shape index (κ2) is 3.90. The van der Waals surface area contributed by atoms with Crippen LogP contribution in [0, 0.1) is 6.92 Å². The Morgan fingerprint density at radius 1 is 1.15 bits per heavy atom. The van der Waals surface area contributed by atoms with Crippen molar-refractivity contribution in [1.29, 1.82) is 0 Å². The van der Waals surface area contributed by atoms with E-state index in [1.807, 2.05) is 23.7 Å². The highest BCUT2D eigenvalue weighted by atomic mass is 15.1. The van der Waals surface area contributed by atoms with Gasteiger partial charge in [0.1, 0.15) is 5.84 Å². The number of aromatic nitrogens is 3. The molecule has 3 heterocycles. The predicted molar refractivity (Wildman–Crippen MR) is 78.1 cm³/mol. The lowest BCUT2D eigenvalue weighted by molar-refractivity contribution is 1.06. The van der Waals surface area contributed by atoms with E-state index in [0.717, 1.165) is 34.7 Å². The summed E-state index contributed by atoms with van der Waals surface area (Å²) < 4.78 is 1.99. The van der Waals surface area contributed by atoms with Crippen LogP contribution in [0.4, 0.5) is 5.69 Å². The molecule has 0 radical (unpaired) electrons. The maximum absolute atomic E-state index is 5.78. The molecule has 0 saturated carbocycles. The molecule has 0 saturated heterocycles. The van der Waals surface area contributed by atoms with Crippen molar-refractivity contribution in [3.05, 3.63) is 48.0 Å². The molecule has 0 fully saturated rings. The minimum absolute atomic E-state index is 0.677. The number of nitrogens with zero attached hydrogens (tertiary/aromatic N) is 4. The number of fused-ring (bicyclic) bond motifs is 2. The Balaban J connectivity index is 1.86. The van der Waals surface area contributed by atoms with Crippen molar-refractivity contribution in [1.82, 2.24) is 14.4 Å². The van der Waals surface area contributed by atoms with Gasteiger partial charge in [-0.05, 0) is 24.1 Å². The van der Waals surface area contributed by atoms with Gasteiger partial charge in [0.2, 0.25) is 5.78 Å². The average Bonchev–Trinajstić information content (AvgIpc) is 3.00. The molecule has 1 aliphatic heterocycles. The lowest BCUT2D eigenvalue weighted by atomic mass is 10.0. The van der Waals surface area contributed by atoms with Crippen LogP contribution >= 0.6 is 0 Å². The molecular weight excluding hydrogens is 250 g/mol. The van der Waals surface area contributed by atoms with E-state index in [-0.39, 0.29) is 0 Å². The van der Waals surface area contributed by atoms with E-state index < -0.39 is 0 Å². The fourth-order valence-corrected chi connectivity index (χ4v) is 2.52. The largest absolute Gasteiger partial charge is 0.387 e. The molecule has 20 heavy (non-hydrogen) atoms. The van der Waals surface area contributed by atoms with Gasteiger partial charge >= 0.3 is 0 Å². The van der Waals surface area contributed by atoms with Crippen LogP contribution in [0.1, 0.15) is 11.3 Å². The van der Waals surface area contributed by atoms with Gasteiger partial charge < -0.3 is 5.73 Å².